The first-order valence-electron chi connectivity index (χ1n) is 9.60. The van der Waals surface area contributed by atoms with Gasteiger partial charge in [-0.15, -0.1) is 0 Å². The number of fused-ring (bicyclic) bond motifs is 2. The zero-order valence-corrected chi connectivity index (χ0v) is 15.5. The number of halogens is 3. The van der Waals surface area contributed by atoms with E-state index in [-0.39, 0.29) is 0 Å². The molecule has 0 spiro atoms. The van der Waals surface area contributed by atoms with Gasteiger partial charge >= 0.3 is 6.18 Å². The van der Waals surface area contributed by atoms with Gasteiger partial charge in [-0.25, -0.2) is 0 Å². The number of alkyl halides is 3. The third-order valence-electron chi connectivity index (χ3n) is 5.89. The molecule has 0 amide bonds. The van der Waals surface area contributed by atoms with E-state index in [2.05, 4.69) is 35.2 Å². The number of hydrogen-bond donors (Lipinski definition) is 0. The van der Waals surface area contributed by atoms with Gasteiger partial charge in [-0.2, -0.15) is 13.2 Å². The van der Waals surface area contributed by atoms with E-state index in [0.717, 1.165) is 31.4 Å². The average molecular weight is 371 g/mol. The lowest BCUT2D eigenvalue weighted by atomic mass is 9.81. The lowest BCUT2D eigenvalue weighted by Gasteiger charge is -2.45. The van der Waals surface area contributed by atoms with Gasteiger partial charge in [0.05, 0.1) is 5.56 Å². The highest BCUT2D eigenvalue weighted by atomic mass is 19.4. The van der Waals surface area contributed by atoms with Gasteiger partial charge in [0.25, 0.3) is 0 Å². The third-order valence-corrected chi connectivity index (χ3v) is 5.89. The summed E-state index contributed by atoms with van der Waals surface area (Å²) in [4.78, 5) is 2.57. The second kappa shape index (κ2) is 7.16. The number of rotatable bonds is 3. The van der Waals surface area contributed by atoms with E-state index in [0.29, 0.717) is 17.6 Å². The number of piperidine rings is 1. The molecule has 2 unspecified atom stereocenters. The largest absolute Gasteiger partial charge is 0.416 e. The highest BCUT2D eigenvalue weighted by Crippen LogP contribution is 2.40. The van der Waals surface area contributed by atoms with Crippen LogP contribution in [0.1, 0.15) is 47.9 Å². The maximum absolute atomic E-state index is 13.0. The summed E-state index contributed by atoms with van der Waals surface area (Å²) in [7, 11) is 0. The summed E-state index contributed by atoms with van der Waals surface area (Å²) < 4.78 is 38.9. The second-order valence-electron chi connectivity index (χ2n) is 7.73. The van der Waals surface area contributed by atoms with Gasteiger partial charge in [0.2, 0.25) is 0 Å². The molecule has 2 heterocycles. The van der Waals surface area contributed by atoms with Crippen LogP contribution in [0.3, 0.4) is 0 Å². The van der Waals surface area contributed by atoms with Crippen LogP contribution in [0, 0.1) is 6.92 Å². The minimum atomic E-state index is -4.28. The van der Waals surface area contributed by atoms with Gasteiger partial charge in [-0.1, -0.05) is 48.9 Å². The number of aryl methyl sites for hydroxylation is 1. The van der Waals surface area contributed by atoms with Crippen LogP contribution >= 0.6 is 0 Å². The van der Waals surface area contributed by atoms with Crippen LogP contribution in [0.25, 0.3) is 5.57 Å². The second-order valence-corrected chi connectivity index (χ2v) is 7.73. The molecule has 2 aliphatic heterocycles. The van der Waals surface area contributed by atoms with Crippen molar-refractivity contribution in [3.05, 3.63) is 76.9 Å². The summed E-state index contributed by atoms with van der Waals surface area (Å²) in [5, 5.41) is 0. The predicted octanol–water partition coefficient (Wildman–Crippen LogP) is 6.22. The van der Waals surface area contributed by atoms with Crippen molar-refractivity contribution >= 4 is 5.57 Å². The van der Waals surface area contributed by atoms with Crippen molar-refractivity contribution in [3.63, 3.8) is 0 Å². The van der Waals surface area contributed by atoms with Crippen LogP contribution in [-0.4, -0.2) is 17.0 Å². The van der Waals surface area contributed by atoms with E-state index in [1.165, 1.54) is 29.7 Å². The molecule has 2 aromatic carbocycles. The highest BCUT2D eigenvalue weighted by molar-refractivity contribution is 5.70. The molecule has 2 aliphatic rings. The van der Waals surface area contributed by atoms with Crippen molar-refractivity contribution in [2.75, 3.05) is 0 Å². The molecule has 2 atom stereocenters. The lowest BCUT2D eigenvalue weighted by molar-refractivity contribution is -0.137. The van der Waals surface area contributed by atoms with Crippen molar-refractivity contribution in [1.82, 2.24) is 4.90 Å². The molecular formula is C23H24F3N. The molecule has 4 heteroatoms. The molecule has 27 heavy (non-hydrogen) atoms. The Morgan fingerprint density at radius 2 is 1.81 bits per heavy atom. The summed E-state index contributed by atoms with van der Waals surface area (Å²) in [6.07, 6.45) is 2.42. The van der Waals surface area contributed by atoms with E-state index in [4.69, 9.17) is 0 Å². The minimum absolute atomic E-state index is 0.370. The molecule has 142 valence electrons. The fourth-order valence-corrected chi connectivity index (χ4v) is 4.56. The van der Waals surface area contributed by atoms with Gasteiger partial charge < -0.3 is 0 Å². The Kier molecular flexibility index (Phi) is 4.85. The number of nitrogens with zero attached hydrogens (tertiary/aromatic N) is 1. The normalized spacial score (nSPS) is 23.2. The SMILES string of the molecule is Cc1cc(C(F)(F)F)ccc1C1=CC2CCCC(C1)N2Cc1ccccc1. The number of hydrogen-bond acceptors (Lipinski definition) is 1. The van der Waals surface area contributed by atoms with Crippen molar-refractivity contribution in [3.8, 4) is 0 Å². The van der Waals surface area contributed by atoms with E-state index >= 15 is 0 Å². The molecule has 4 rings (SSSR count). The van der Waals surface area contributed by atoms with Crippen LogP contribution in [0.2, 0.25) is 0 Å². The smallest absolute Gasteiger partial charge is 0.289 e. The molecule has 2 aromatic rings. The molecule has 1 fully saturated rings. The first-order valence-corrected chi connectivity index (χ1v) is 9.60. The van der Waals surface area contributed by atoms with Gasteiger partial charge in [0.1, 0.15) is 0 Å². The van der Waals surface area contributed by atoms with Crippen molar-refractivity contribution in [2.45, 2.75) is 57.4 Å². The lowest BCUT2D eigenvalue weighted by Crippen LogP contribution is -2.47. The maximum atomic E-state index is 13.0. The van der Waals surface area contributed by atoms with Crippen LogP contribution in [0.5, 0.6) is 0 Å². The van der Waals surface area contributed by atoms with Crippen LogP contribution in [0.15, 0.2) is 54.6 Å². The Labute approximate surface area is 158 Å². The standard InChI is InChI=1S/C23H24F3N/c1-16-12-19(23(24,25)26)10-11-22(16)18-13-20-8-5-9-21(14-18)27(20)15-17-6-3-2-4-7-17/h2-4,6-7,10-13,20-21H,5,8-9,14-15H2,1H3. The first-order chi connectivity index (χ1) is 12.9. The molecule has 0 aliphatic carbocycles. The Hall–Kier alpha value is -2.07. The van der Waals surface area contributed by atoms with Crippen LogP contribution in [0.4, 0.5) is 13.2 Å². The Morgan fingerprint density at radius 3 is 2.48 bits per heavy atom. The van der Waals surface area contributed by atoms with Gasteiger partial charge in [0.15, 0.2) is 0 Å². The van der Waals surface area contributed by atoms with E-state index in [9.17, 15) is 13.2 Å². The van der Waals surface area contributed by atoms with Crippen molar-refractivity contribution in [1.29, 1.82) is 0 Å². The van der Waals surface area contributed by atoms with Gasteiger partial charge in [-0.3, -0.25) is 4.90 Å². The van der Waals surface area contributed by atoms with E-state index in [1.54, 1.807) is 13.0 Å². The quantitative estimate of drug-likeness (QED) is 0.619. The summed E-state index contributed by atoms with van der Waals surface area (Å²) in [5.74, 6) is 0. The molecule has 0 radical (unpaired) electrons. The molecule has 1 saturated heterocycles. The zero-order valence-electron chi connectivity index (χ0n) is 15.5. The molecule has 2 bridgehead atoms. The molecular weight excluding hydrogens is 347 g/mol. The summed E-state index contributed by atoms with van der Waals surface area (Å²) >= 11 is 0. The van der Waals surface area contributed by atoms with E-state index < -0.39 is 11.7 Å². The molecule has 0 saturated carbocycles. The molecule has 1 nitrogen and oxygen atoms in total. The third kappa shape index (κ3) is 3.81. The predicted molar refractivity (Wildman–Crippen MR) is 102 cm³/mol. The average Bonchev–Trinajstić information content (AvgIpc) is 2.61. The summed E-state index contributed by atoms with van der Waals surface area (Å²) in [6, 6.07) is 15.5. The van der Waals surface area contributed by atoms with Crippen molar-refractivity contribution in [2.24, 2.45) is 0 Å². The first kappa shape index (κ1) is 18.3. The monoisotopic (exact) mass is 371 g/mol. The number of benzene rings is 2. The minimum Gasteiger partial charge on any atom is -0.289 e. The van der Waals surface area contributed by atoms with Crippen LogP contribution < -0.4 is 0 Å². The van der Waals surface area contributed by atoms with Crippen LogP contribution in [-0.2, 0) is 12.7 Å². The summed E-state index contributed by atoms with van der Waals surface area (Å²) in [6.45, 7) is 2.73. The van der Waals surface area contributed by atoms with Gasteiger partial charge in [-0.05, 0) is 60.6 Å². The van der Waals surface area contributed by atoms with Crippen molar-refractivity contribution < 1.29 is 13.2 Å². The Balaban J connectivity index is 1.61. The van der Waals surface area contributed by atoms with Gasteiger partial charge in [0, 0.05) is 18.6 Å². The Bertz CT molecular complexity index is 838. The Morgan fingerprint density at radius 1 is 1.04 bits per heavy atom. The summed E-state index contributed by atoms with van der Waals surface area (Å²) in [5.41, 5.74) is 3.65. The zero-order chi connectivity index (χ0) is 19.0. The fraction of sp³-hybridized carbons (Fsp3) is 0.391. The highest BCUT2D eigenvalue weighted by Gasteiger charge is 2.35. The topological polar surface area (TPSA) is 3.24 Å². The molecule has 0 N–H and O–H groups in total. The maximum Gasteiger partial charge on any atom is 0.416 e. The van der Waals surface area contributed by atoms with E-state index in [1.807, 2.05) is 6.07 Å². The fourth-order valence-electron chi connectivity index (χ4n) is 4.56. The molecule has 0 aromatic heterocycles.